The van der Waals surface area contributed by atoms with E-state index >= 15 is 0 Å². The van der Waals surface area contributed by atoms with Crippen LogP contribution in [0.3, 0.4) is 0 Å². The molecule has 2 N–H and O–H groups in total. The number of nitrogens with two attached hydrogens (primary N) is 1. The molecular formula is C14H23N3O. The molecule has 0 spiro atoms. The molecule has 18 heavy (non-hydrogen) atoms. The van der Waals surface area contributed by atoms with Crippen LogP contribution in [0.2, 0.25) is 0 Å². The summed E-state index contributed by atoms with van der Waals surface area (Å²) in [5.41, 5.74) is 6.80. The predicted octanol–water partition coefficient (Wildman–Crippen LogP) is 2.69. The van der Waals surface area contributed by atoms with Crippen molar-refractivity contribution >= 4 is 11.5 Å². The Labute approximate surface area is 109 Å². The monoisotopic (exact) mass is 249 g/mol. The Kier molecular flexibility index (Phi) is 3.94. The van der Waals surface area contributed by atoms with Crippen LogP contribution in [0, 0.1) is 5.92 Å². The lowest BCUT2D eigenvalue weighted by atomic mass is 10.1. The van der Waals surface area contributed by atoms with Crippen LogP contribution < -0.4 is 15.4 Å². The second-order valence-electron chi connectivity index (χ2n) is 5.37. The van der Waals surface area contributed by atoms with Gasteiger partial charge in [-0.15, -0.1) is 0 Å². The first-order valence-corrected chi connectivity index (χ1v) is 6.69. The molecule has 1 saturated carbocycles. The van der Waals surface area contributed by atoms with Gasteiger partial charge in [-0.2, -0.15) is 4.98 Å². The molecular weight excluding hydrogens is 226 g/mol. The van der Waals surface area contributed by atoms with E-state index in [9.17, 15) is 0 Å². The summed E-state index contributed by atoms with van der Waals surface area (Å²) >= 11 is 0. The van der Waals surface area contributed by atoms with Crippen LogP contribution in [-0.4, -0.2) is 24.7 Å². The maximum Gasteiger partial charge on any atom is 0.215 e. The SMILES string of the molecule is COc1ccc(N)c(N(CCC(C)C)C2CC2)n1. The van der Waals surface area contributed by atoms with Crippen molar-refractivity contribution in [3.8, 4) is 5.88 Å². The molecule has 4 nitrogen and oxygen atoms in total. The first-order valence-electron chi connectivity index (χ1n) is 6.69. The fraction of sp³-hybridized carbons (Fsp3) is 0.643. The van der Waals surface area contributed by atoms with Crippen LogP contribution in [0.5, 0.6) is 5.88 Å². The van der Waals surface area contributed by atoms with E-state index in [1.165, 1.54) is 12.8 Å². The first-order chi connectivity index (χ1) is 8.61. The van der Waals surface area contributed by atoms with Crippen LogP contribution in [-0.2, 0) is 0 Å². The summed E-state index contributed by atoms with van der Waals surface area (Å²) in [6.45, 7) is 5.51. The van der Waals surface area contributed by atoms with Crippen LogP contribution >= 0.6 is 0 Å². The molecule has 0 aliphatic heterocycles. The maximum atomic E-state index is 6.06. The number of hydrogen-bond donors (Lipinski definition) is 1. The number of hydrogen-bond acceptors (Lipinski definition) is 4. The van der Waals surface area contributed by atoms with Crippen molar-refractivity contribution in [2.45, 2.75) is 39.2 Å². The van der Waals surface area contributed by atoms with Crippen molar-refractivity contribution in [3.63, 3.8) is 0 Å². The largest absolute Gasteiger partial charge is 0.481 e. The Morgan fingerprint density at radius 1 is 1.44 bits per heavy atom. The molecule has 0 bridgehead atoms. The van der Waals surface area contributed by atoms with Crippen LogP contribution in [0.15, 0.2) is 12.1 Å². The van der Waals surface area contributed by atoms with Crippen LogP contribution in [0.4, 0.5) is 11.5 Å². The van der Waals surface area contributed by atoms with Crippen LogP contribution in [0.25, 0.3) is 0 Å². The Bertz CT molecular complexity index is 402. The number of aromatic nitrogens is 1. The molecule has 1 aliphatic carbocycles. The van der Waals surface area contributed by atoms with Gasteiger partial charge in [-0.1, -0.05) is 13.8 Å². The first kappa shape index (κ1) is 13.0. The van der Waals surface area contributed by atoms with E-state index in [1.807, 2.05) is 12.1 Å². The Morgan fingerprint density at radius 3 is 2.72 bits per heavy atom. The third-order valence-corrected chi connectivity index (χ3v) is 3.30. The third-order valence-electron chi connectivity index (χ3n) is 3.30. The summed E-state index contributed by atoms with van der Waals surface area (Å²) in [5, 5.41) is 0. The number of methoxy groups -OCH3 is 1. The zero-order chi connectivity index (χ0) is 13.1. The number of rotatable bonds is 6. The van der Waals surface area contributed by atoms with Gasteiger partial charge in [0.1, 0.15) is 0 Å². The van der Waals surface area contributed by atoms with Gasteiger partial charge in [-0.3, -0.25) is 0 Å². The average molecular weight is 249 g/mol. The van der Waals surface area contributed by atoms with Crippen molar-refractivity contribution in [1.29, 1.82) is 0 Å². The van der Waals surface area contributed by atoms with Gasteiger partial charge in [0.05, 0.1) is 12.8 Å². The molecule has 0 saturated heterocycles. The molecule has 100 valence electrons. The van der Waals surface area contributed by atoms with Crippen molar-refractivity contribution in [2.24, 2.45) is 5.92 Å². The fourth-order valence-corrected chi connectivity index (χ4v) is 2.03. The number of pyridine rings is 1. The minimum Gasteiger partial charge on any atom is -0.481 e. The highest BCUT2D eigenvalue weighted by molar-refractivity contribution is 5.64. The smallest absolute Gasteiger partial charge is 0.215 e. The average Bonchev–Trinajstić information content (AvgIpc) is 3.15. The summed E-state index contributed by atoms with van der Waals surface area (Å²) in [6, 6.07) is 4.31. The Morgan fingerprint density at radius 2 is 2.17 bits per heavy atom. The third kappa shape index (κ3) is 3.06. The zero-order valence-electron chi connectivity index (χ0n) is 11.5. The number of ether oxygens (including phenoxy) is 1. The van der Waals surface area contributed by atoms with Crippen molar-refractivity contribution < 1.29 is 4.74 Å². The molecule has 4 heteroatoms. The van der Waals surface area contributed by atoms with E-state index < -0.39 is 0 Å². The van der Waals surface area contributed by atoms with E-state index in [2.05, 4.69) is 23.7 Å². The van der Waals surface area contributed by atoms with E-state index in [-0.39, 0.29) is 0 Å². The Balaban J connectivity index is 2.18. The summed E-state index contributed by atoms with van der Waals surface area (Å²) in [6.07, 6.45) is 3.65. The quantitative estimate of drug-likeness (QED) is 0.842. The number of nitrogens with zero attached hydrogens (tertiary/aromatic N) is 2. The summed E-state index contributed by atoms with van der Waals surface area (Å²) in [5.74, 6) is 2.21. The molecule has 0 unspecified atom stereocenters. The normalized spacial score (nSPS) is 14.9. The lowest BCUT2D eigenvalue weighted by Crippen LogP contribution is -2.29. The molecule has 1 aromatic rings. The summed E-state index contributed by atoms with van der Waals surface area (Å²) < 4.78 is 5.19. The standard InChI is InChI=1S/C14H23N3O/c1-10(2)8-9-17(11-4-5-11)14-12(15)6-7-13(16-14)18-3/h6-7,10-11H,4-5,8-9,15H2,1-3H3. The maximum absolute atomic E-state index is 6.06. The predicted molar refractivity (Wildman–Crippen MR) is 75.0 cm³/mol. The molecule has 0 amide bonds. The molecule has 0 aromatic carbocycles. The molecule has 1 fully saturated rings. The molecule has 1 heterocycles. The minimum absolute atomic E-state index is 0.616. The second kappa shape index (κ2) is 5.46. The fourth-order valence-electron chi connectivity index (χ4n) is 2.03. The van der Waals surface area contributed by atoms with Gasteiger partial charge in [0.2, 0.25) is 5.88 Å². The van der Waals surface area contributed by atoms with Gasteiger partial charge in [0, 0.05) is 18.7 Å². The van der Waals surface area contributed by atoms with E-state index in [0.29, 0.717) is 17.8 Å². The minimum atomic E-state index is 0.616. The molecule has 1 aromatic heterocycles. The number of anilines is 2. The zero-order valence-corrected chi connectivity index (χ0v) is 11.5. The van der Waals surface area contributed by atoms with Gasteiger partial charge >= 0.3 is 0 Å². The van der Waals surface area contributed by atoms with Gasteiger partial charge < -0.3 is 15.4 Å². The molecule has 0 atom stereocenters. The lowest BCUT2D eigenvalue weighted by molar-refractivity contribution is 0.397. The van der Waals surface area contributed by atoms with E-state index in [0.717, 1.165) is 24.5 Å². The van der Waals surface area contributed by atoms with Gasteiger partial charge in [0.25, 0.3) is 0 Å². The van der Waals surface area contributed by atoms with Gasteiger partial charge in [-0.05, 0) is 31.2 Å². The summed E-state index contributed by atoms with van der Waals surface area (Å²) in [4.78, 5) is 6.85. The molecule has 1 aliphatic rings. The second-order valence-corrected chi connectivity index (χ2v) is 5.37. The lowest BCUT2D eigenvalue weighted by Gasteiger charge is -2.26. The van der Waals surface area contributed by atoms with Crippen molar-refractivity contribution in [1.82, 2.24) is 4.98 Å². The van der Waals surface area contributed by atoms with Crippen molar-refractivity contribution in [2.75, 3.05) is 24.3 Å². The number of nitrogen functional groups attached to an aromatic ring is 1. The highest BCUT2D eigenvalue weighted by Gasteiger charge is 2.31. The topological polar surface area (TPSA) is 51.4 Å². The van der Waals surface area contributed by atoms with Crippen LogP contribution in [0.1, 0.15) is 33.1 Å². The van der Waals surface area contributed by atoms with E-state index in [4.69, 9.17) is 10.5 Å². The summed E-state index contributed by atoms with van der Waals surface area (Å²) in [7, 11) is 1.64. The van der Waals surface area contributed by atoms with Gasteiger partial charge in [-0.25, -0.2) is 0 Å². The van der Waals surface area contributed by atoms with Crippen molar-refractivity contribution in [3.05, 3.63) is 12.1 Å². The molecule has 2 rings (SSSR count). The molecule has 0 radical (unpaired) electrons. The Hall–Kier alpha value is -1.45. The van der Waals surface area contributed by atoms with E-state index in [1.54, 1.807) is 7.11 Å². The van der Waals surface area contributed by atoms with Gasteiger partial charge in [0.15, 0.2) is 5.82 Å². The highest BCUT2D eigenvalue weighted by Crippen LogP contribution is 2.34. The highest BCUT2D eigenvalue weighted by atomic mass is 16.5.